The van der Waals surface area contributed by atoms with Gasteiger partial charge >= 0.3 is 0 Å². The Morgan fingerprint density at radius 1 is 1.36 bits per heavy atom. The molecule has 1 aliphatic rings. The number of aryl methyl sites for hydroxylation is 2. The highest BCUT2D eigenvalue weighted by atomic mass is 32.1. The second-order valence-electron chi connectivity index (χ2n) is 6.32. The number of hydrogen-bond acceptors (Lipinski definition) is 7. The number of piperidine rings is 1. The Balaban J connectivity index is 1.76. The van der Waals surface area contributed by atoms with Gasteiger partial charge in [-0.1, -0.05) is 0 Å². The first kappa shape index (κ1) is 17.8. The monoisotopic (exact) mass is 360 g/mol. The van der Waals surface area contributed by atoms with E-state index in [-0.39, 0.29) is 11.8 Å². The van der Waals surface area contributed by atoms with Crippen molar-refractivity contribution in [2.75, 3.05) is 32.0 Å². The van der Waals surface area contributed by atoms with Gasteiger partial charge in [-0.15, -0.1) is 11.3 Å². The topological polar surface area (TPSA) is 83.0 Å². The molecular weight excluding hydrogens is 336 g/mol. The van der Waals surface area contributed by atoms with Crippen molar-refractivity contribution in [1.82, 2.24) is 25.2 Å². The summed E-state index contributed by atoms with van der Waals surface area (Å²) in [5.74, 6) is 1.08. The van der Waals surface area contributed by atoms with E-state index in [2.05, 4.69) is 37.4 Å². The van der Waals surface area contributed by atoms with Crippen LogP contribution in [0.5, 0.6) is 0 Å². The van der Waals surface area contributed by atoms with Gasteiger partial charge in [0, 0.05) is 36.8 Å². The SMILES string of the molecule is CNC(=O)CN1CCC[C@H](c2nccnc2Nc2nc(C)c(C)s2)C1. The summed E-state index contributed by atoms with van der Waals surface area (Å²) in [5, 5.41) is 6.87. The van der Waals surface area contributed by atoms with Crippen molar-refractivity contribution in [3.8, 4) is 0 Å². The Hall–Kier alpha value is -2.06. The zero-order chi connectivity index (χ0) is 17.8. The number of hydrogen-bond donors (Lipinski definition) is 2. The molecule has 1 saturated heterocycles. The normalized spacial score (nSPS) is 18.1. The first-order valence-corrected chi connectivity index (χ1v) is 9.33. The summed E-state index contributed by atoms with van der Waals surface area (Å²) in [7, 11) is 1.67. The van der Waals surface area contributed by atoms with E-state index >= 15 is 0 Å². The van der Waals surface area contributed by atoms with Gasteiger partial charge in [-0.2, -0.15) is 0 Å². The van der Waals surface area contributed by atoms with Crippen LogP contribution in [0.4, 0.5) is 10.9 Å². The second-order valence-corrected chi connectivity index (χ2v) is 7.53. The summed E-state index contributed by atoms with van der Waals surface area (Å²) < 4.78 is 0. The third kappa shape index (κ3) is 4.32. The number of likely N-dealkylation sites (N-methyl/N-ethyl adjacent to an activating group) is 1. The lowest BCUT2D eigenvalue weighted by molar-refractivity contribution is -0.122. The van der Waals surface area contributed by atoms with E-state index in [0.29, 0.717) is 6.54 Å². The molecule has 1 atom stereocenters. The van der Waals surface area contributed by atoms with Gasteiger partial charge in [0.25, 0.3) is 0 Å². The van der Waals surface area contributed by atoms with Crippen molar-refractivity contribution in [3.63, 3.8) is 0 Å². The standard InChI is InChI=1S/C17H24N6OS/c1-11-12(2)25-17(21-11)22-16-15(19-6-7-20-16)13-5-4-8-23(9-13)10-14(24)18-3/h6-7,13H,4-5,8-10H2,1-3H3,(H,18,24)(H,20,21,22)/t13-/m0/s1. The van der Waals surface area contributed by atoms with E-state index in [1.165, 1.54) is 4.88 Å². The summed E-state index contributed by atoms with van der Waals surface area (Å²) in [6.45, 7) is 6.26. The highest BCUT2D eigenvalue weighted by molar-refractivity contribution is 7.15. The lowest BCUT2D eigenvalue weighted by atomic mass is 9.94. The molecule has 0 bridgehead atoms. The predicted octanol–water partition coefficient (Wildman–Crippen LogP) is 2.22. The molecule has 2 aromatic heterocycles. The fourth-order valence-corrected chi connectivity index (χ4v) is 3.89. The van der Waals surface area contributed by atoms with Crippen LogP contribution in [-0.2, 0) is 4.79 Å². The number of nitrogens with one attached hydrogen (secondary N) is 2. The van der Waals surface area contributed by atoms with Crippen LogP contribution in [0.2, 0.25) is 0 Å². The van der Waals surface area contributed by atoms with Crippen LogP contribution in [-0.4, -0.2) is 52.4 Å². The highest BCUT2D eigenvalue weighted by Crippen LogP contribution is 2.32. The van der Waals surface area contributed by atoms with Crippen LogP contribution in [0.15, 0.2) is 12.4 Å². The van der Waals surface area contributed by atoms with Crippen molar-refractivity contribution in [2.45, 2.75) is 32.6 Å². The maximum Gasteiger partial charge on any atom is 0.233 e. The predicted molar refractivity (Wildman–Crippen MR) is 99.4 cm³/mol. The number of thiazole rings is 1. The zero-order valence-electron chi connectivity index (χ0n) is 14.9. The molecule has 0 unspecified atom stereocenters. The summed E-state index contributed by atoms with van der Waals surface area (Å²) in [4.78, 5) is 28.7. The van der Waals surface area contributed by atoms with Crippen LogP contribution < -0.4 is 10.6 Å². The van der Waals surface area contributed by atoms with Crippen molar-refractivity contribution in [3.05, 3.63) is 28.7 Å². The Kier molecular flexibility index (Phi) is 5.60. The largest absolute Gasteiger partial charge is 0.358 e. The number of nitrogens with zero attached hydrogens (tertiary/aromatic N) is 4. The molecule has 1 amide bonds. The number of likely N-dealkylation sites (tertiary alicyclic amines) is 1. The molecule has 0 saturated carbocycles. The molecule has 2 aromatic rings. The molecule has 0 radical (unpaired) electrons. The number of amides is 1. The van der Waals surface area contributed by atoms with E-state index in [0.717, 1.165) is 48.3 Å². The van der Waals surface area contributed by atoms with Gasteiger partial charge in [0.2, 0.25) is 5.91 Å². The molecule has 1 fully saturated rings. The minimum atomic E-state index is 0.0480. The lowest BCUT2D eigenvalue weighted by Gasteiger charge is -2.32. The molecular formula is C17H24N6OS. The third-order valence-electron chi connectivity index (χ3n) is 4.52. The summed E-state index contributed by atoms with van der Waals surface area (Å²) in [5.41, 5.74) is 1.99. The molecule has 134 valence electrons. The first-order chi connectivity index (χ1) is 12.1. The lowest BCUT2D eigenvalue weighted by Crippen LogP contribution is -2.41. The summed E-state index contributed by atoms with van der Waals surface area (Å²) >= 11 is 1.62. The molecule has 3 heterocycles. The van der Waals surface area contributed by atoms with Crippen molar-refractivity contribution < 1.29 is 4.79 Å². The zero-order valence-corrected chi connectivity index (χ0v) is 15.7. The van der Waals surface area contributed by atoms with Crippen molar-refractivity contribution >= 4 is 28.2 Å². The quantitative estimate of drug-likeness (QED) is 0.851. The van der Waals surface area contributed by atoms with E-state index < -0.39 is 0 Å². The van der Waals surface area contributed by atoms with Crippen LogP contribution in [0.1, 0.15) is 35.0 Å². The second kappa shape index (κ2) is 7.88. The fraction of sp³-hybridized carbons (Fsp3) is 0.529. The molecule has 8 heteroatoms. The van der Waals surface area contributed by atoms with Gasteiger partial charge in [-0.05, 0) is 33.2 Å². The number of carbonyl (C=O) groups is 1. The Bertz CT molecular complexity index is 727. The van der Waals surface area contributed by atoms with Crippen LogP contribution in [0, 0.1) is 13.8 Å². The number of anilines is 2. The van der Waals surface area contributed by atoms with Gasteiger partial charge in [-0.25, -0.2) is 9.97 Å². The number of rotatable bonds is 5. The minimum absolute atomic E-state index is 0.0480. The van der Waals surface area contributed by atoms with Gasteiger partial charge < -0.3 is 10.6 Å². The van der Waals surface area contributed by atoms with Crippen molar-refractivity contribution in [2.24, 2.45) is 0 Å². The molecule has 1 aliphatic heterocycles. The Labute approximate surface area is 151 Å². The summed E-state index contributed by atoms with van der Waals surface area (Å²) in [6.07, 6.45) is 5.53. The number of aromatic nitrogens is 3. The van der Waals surface area contributed by atoms with Gasteiger partial charge in [-0.3, -0.25) is 14.7 Å². The maximum atomic E-state index is 11.7. The smallest absolute Gasteiger partial charge is 0.233 e. The molecule has 0 aromatic carbocycles. The summed E-state index contributed by atoms with van der Waals surface area (Å²) in [6, 6.07) is 0. The Morgan fingerprint density at radius 2 is 2.16 bits per heavy atom. The molecule has 0 spiro atoms. The van der Waals surface area contributed by atoms with Crippen LogP contribution in [0.25, 0.3) is 0 Å². The maximum absolute atomic E-state index is 11.7. The van der Waals surface area contributed by atoms with Crippen LogP contribution >= 0.6 is 11.3 Å². The van der Waals surface area contributed by atoms with Gasteiger partial charge in [0.15, 0.2) is 10.9 Å². The van der Waals surface area contributed by atoms with Gasteiger partial charge in [0.1, 0.15) is 0 Å². The number of carbonyl (C=O) groups excluding carboxylic acids is 1. The molecule has 0 aliphatic carbocycles. The van der Waals surface area contributed by atoms with E-state index in [4.69, 9.17) is 0 Å². The average molecular weight is 360 g/mol. The highest BCUT2D eigenvalue weighted by Gasteiger charge is 2.26. The fourth-order valence-electron chi connectivity index (χ4n) is 3.08. The molecule has 25 heavy (non-hydrogen) atoms. The molecule has 3 rings (SSSR count). The van der Waals surface area contributed by atoms with Crippen LogP contribution in [0.3, 0.4) is 0 Å². The van der Waals surface area contributed by atoms with E-state index in [9.17, 15) is 4.79 Å². The minimum Gasteiger partial charge on any atom is -0.358 e. The van der Waals surface area contributed by atoms with Crippen molar-refractivity contribution in [1.29, 1.82) is 0 Å². The first-order valence-electron chi connectivity index (χ1n) is 8.51. The molecule has 7 nitrogen and oxygen atoms in total. The van der Waals surface area contributed by atoms with E-state index in [1.54, 1.807) is 30.8 Å². The Morgan fingerprint density at radius 3 is 2.88 bits per heavy atom. The molecule has 2 N–H and O–H groups in total. The average Bonchev–Trinajstić information content (AvgIpc) is 2.93. The van der Waals surface area contributed by atoms with E-state index in [1.807, 2.05) is 6.92 Å². The third-order valence-corrected chi connectivity index (χ3v) is 5.51. The van der Waals surface area contributed by atoms with Gasteiger partial charge in [0.05, 0.1) is 17.9 Å².